The van der Waals surface area contributed by atoms with Crippen LogP contribution in [0.3, 0.4) is 0 Å². The Bertz CT molecular complexity index is 522. The topological polar surface area (TPSA) is 98.7 Å². The quantitative estimate of drug-likeness (QED) is 0.813. The van der Waals surface area contributed by atoms with E-state index in [0.29, 0.717) is 13.2 Å². The van der Waals surface area contributed by atoms with Crippen LogP contribution in [0.4, 0.5) is 5.69 Å². The largest absolute Gasteiger partial charge is 0.377 e. The molecule has 1 aliphatic heterocycles. The van der Waals surface area contributed by atoms with Gasteiger partial charge in [0.05, 0.1) is 17.6 Å². The molecule has 4 N–H and O–H groups in total. The van der Waals surface area contributed by atoms with Crippen LogP contribution in [0.1, 0.15) is 12.8 Å². The molecule has 1 heterocycles. The van der Waals surface area contributed by atoms with E-state index in [2.05, 4.69) is 4.90 Å². The van der Waals surface area contributed by atoms with Crippen molar-refractivity contribution in [2.45, 2.75) is 23.8 Å². The molecular weight excluding hydrogens is 278 g/mol. The van der Waals surface area contributed by atoms with Gasteiger partial charge < -0.3 is 15.4 Å². The first kappa shape index (κ1) is 15.2. The van der Waals surface area contributed by atoms with Crippen LogP contribution in [-0.2, 0) is 14.8 Å². The van der Waals surface area contributed by atoms with Gasteiger partial charge in [-0.25, -0.2) is 13.6 Å². The first-order valence-corrected chi connectivity index (χ1v) is 8.25. The molecule has 6 nitrogen and oxygen atoms in total. The van der Waals surface area contributed by atoms with Gasteiger partial charge in [-0.3, -0.25) is 0 Å². The minimum absolute atomic E-state index is 0.141. The molecule has 0 radical (unpaired) electrons. The summed E-state index contributed by atoms with van der Waals surface area (Å²) in [5.41, 5.74) is 6.43. The maximum Gasteiger partial charge on any atom is 0.238 e. The Hall–Kier alpha value is -1.15. The molecule has 1 saturated heterocycles. The number of sulfonamides is 1. The van der Waals surface area contributed by atoms with Gasteiger partial charge in [0, 0.05) is 25.3 Å². The van der Waals surface area contributed by atoms with E-state index in [1.807, 2.05) is 0 Å². The molecule has 0 saturated carbocycles. The van der Waals surface area contributed by atoms with Crippen LogP contribution in [-0.4, -0.2) is 40.8 Å². The van der Waals surface area contributed by atoms with E-state index < -0.39 is 10.0 Å². The van der Waals surface area contributed by atoms with Gasteiger partial charge in [0.1, 0.15) is 0 Å². The minimum atomic E-state index is -3.62. The van der Waals surface area contributed by atoms with Crippen molar-refractivity contribution in [2.75, 3.05) is 31.1 Å². The van der Waals surface area contributed by atoms with Gasteiger partial charge in [-0.1, -0.05) is 0 Å². The zero-order valence-electron chi connectivity index (χ0n) is 11.4. The summed E-state index contributed by atoms with van der Waals surface area (Å²) in [7, 11) is -3.62. The number of rotatable bonds is 5. The van der Waals surface area contributed by atoms with E-state index in [1.54, 1.807) is 24.3 Å². The molecule has 1 aromatic carbocycles. The summed E-state index contributed by atoms with van der Waals surface area (Å²) in [5.74, 6) is 0. The van der Waals surface area contributed by atoms with Crippen molar-refractivity contribution in [3.05, 3.63) is 24.3 Å². The van der Waals surface area contributed by atoms with Gasteiger partial charge >= 0.3 is 0 Å². The zero-order valence-corrected chi connectivity index (χ0v) is 12.2. The Morgan fingerprint density at radius 1 is 1.20 bits per heavy atom. The molecule has 1 aromatic rings. The van der Waals surface area contributed by atoms with Crippen molar-refractivity contribution in [3.63, 3.8) is 0 Å². The molecule has 1 fully saturated rings. The average molecular weight is 299 g/mol. The fourth-order valence-electron chi connectivity index (χ4n) is 2.36. The lowest BCUT2D eigenvalue weighted by molar-refractivity contribution is 0.0422. The second kappa shape index (κ2) is 6.53. The second-order valence-electron chi connectivity index (χ2n) is 4.88. The molecule has 0 amide bonds. The van der Waals surface area contributed by atoms with Crippen molar-refractivity contribution in [2.24, 2.45) is 10.9 Å². The minimum Gasteiger partial charge on any atom is -0.377 e. The second-order valence-corrected chi connectivity index (χ2v) is 6.45. The molecule has 112 valence electrons. The number of nitrogens with zero attached hydrogens (tertiary/aromatic N) is 1. The van der Waals surface area contributed by atoms with E-state index in [0.717, 1.165) is 31.6 Å². The Morgan fingerprint density at radius 2 is 1.80 bits per heavy atom. The number of anilines is 1. The molecule has 2 rings (SSSR count). The Balaban J connectivity index is 1.94. The van der Waals surface area contributed by atoms with E-state index in [-0.39, 0.29) is 11.0 Å². The third-order valence-corrected chi connectivity index (χ3v) is 4.37. The highest BCUT2D eigenvalue weighted by atomic mass is 32.2. The molecular formula is C13H21N3O3S. The standard InChI is InChI=1S/C13H21N3O3S/c14-7-10-19-12-5-8-16(9-6-12)11-1-3-13(4-2-11)20(15,17)18/h1-4,12H,5-10,14H2,(H2,15,17,18). The molecule has 0 aliphatic carbocycles. The predicted molar refractivity (Wildman–Crippen MR) is 78.1 cm³/mol. The van der Waals surface area contributed by atoms with Crippen LogP contribution in [0.25, 0.3) is 0 Å². The van der Waals surface area contributed by atoms with Gasteiger partial charge in [-0.2, -0.15) is 0 Å². The summed E-state index contributed by atoms with van der Waals surface area (Å²) in [5, 5.41) is 5.08. The van der Waals surface area contributed by atoms with E-state index >= 15 is 0 Å². The monoisotopic (exact) mass is 299 g/mol. The van der Waals surface area contributed by atoms with Crippen LogP contribution in [0.15, 0.2) is 29.2 Å². The molecule has 7 heteroatoms. The highest BCUT2D eigenvalue weighted by molar-refractivity contribution is 7.89. The van der Waals surface area contributed by atoms with Crippen molar-refractivity contribution >= 4 is 15.7 Å². The highest BCUT2D eigenvalue weighted by Gasteiger charge is 2.20. The van der Waals surface area contributed by atoms with Crippen molar-refractivity contribution < 1.29 is 13.2 Å². The number of benzene rings is 1. The van der Waals surface area contributed by atoms with Gasteiger partial charge in [-0.15, -0.1) is 0 Å². The van der Waals surface area contributed by atoms with Crippen molar-refractivity contribution in [3.8, 4) is 0 Å². The molecule has 0 unspecified atom stereocenters. The lowest BCUT2D eigenvalue weighted by Crippen LogP contribution is -2.37. The van der Waals surface area contributed by atoms with Crippen LogP contribution < -0.4 is 15.8 Å². The van der Waals surface area contributed by atoms with Crippen LogP contribution in [0.5, 0.6) is 0 Å². The van der Waals surface area contributed by atoms with Crippen molar-refractivity contribution in [1.82, 2.24) is 0 Å². The van der Waals surface area contributed by atoms with E-state index in [9.17, 15) is 8.42 Å². The third-order valence-electron chi connectivity index (χ3n) is 3.44. The Morgan fingerprint density at radius 3 is 2.30 bits per heavy atom. The van der Waals surface area contributed by atoms with Gasteiger partial charge in [0.2, 0.25) is 10.0 Å². The Kier molecular flexibility index (Phi) is 4.98. The van der Waals surface area contributed by atoms with E-state index in [4.69, 9.17) is 15.6 Å². The summed E-state index contributed by atoms with van der Waals surface area (Å²) in [4.78, 5) is 2.36. The van der Waals surface area contributed by atoms with Gasteiger partial charge in [0.15, 0.2) is 0 Å². The third kappa shape index (κ3) is 3.92. The molecule has 0 aromatic heterocycles. The SMILES string of the molecule is NCCOC1CCN(c2ccc(S(N)(=O)=O)cc2)CC1. The fourth-order valence-corrected chi connectivity index (χ4v) is 2.88. The number of primary sulfonamides is 1. The van der Waals surface area contributed by atoms with Gasteiger partial charge in [0.25, 0.3) is 0 Å². The lowest BCUT2D eigenvalue weighted by Gasteiger charge is -2.33. The number of hydrogen-bond acceptors (Lipinski definition) is 5. The first-order chi connectivity index (χ1) is 9.50. The summed E-state index contributed by atoms with van der Waals surface area (Å²) in [6.07, 6.45) is 2.19. The van der Waals surface area contributed by atoms with E-state index in [1.165, 1.54) is 0 Å². The predicted octanol–water partition coefficient (Wildman–Crippen LogP) is 0.278. The number of hydrogen-bond donors (Lipinski definition) is 2. The molecule has 0 bridgehead atoms. The number of nitrogens with two attached hydrogens (primary N) is 2. The Labute approximate surface area is 119 Å². The molecule has 1 aliphatic rings. The van der Waals surface area contributed by atoms with Crippen LogP contribution in [0.2, 0.25) is 0 Å². The zero-order chi connectivity index (χ0) is 14.6. The summed E-state index contributed by atoms with van der Waals surface area (Å²) >= 11 is 0. The highest BCUT2D eigenvalue weighted by Crippen LogP contribution is 2.22. The van der Waals surface area contributed by atoms with Crippen LogP contribution in [0, 0.1) is 0 Å². The lowest BCUT2D eigenvalue weighted by atomic mass is 10.1. The smallest absolute Gasteiger partial charge is 0.238 e. The molecule has 20 heavy (non-hydrogen) atoms. The maximum atomic E-state index is 11.2. The number of piperidine rings is 1. The first-order valence-electron chi connectivity index (χ1n) is 6.70. The van der Waals surface area contributed by atoms with Gasteiger partial charge in [-0.05, 0) is 37.1 Å². The summed E-state index contributed by atoms with van der Waals surface area (Å²) in [6, 6.07) is 6.67. The summed E-state index contributed by atoms with van der Waals surface area (Å²) in [6.45, 7) is 2.94. The molecule has 0 spiro atoms. The summed E-state index contributed by atoms with van der Waals surface area (Å²) < 4.78 is 28.0. The number of ether oxygens (including phenoxy) is 1. The maximum absolute atomic E-state index is 11.2. The molecule has 0 atom stereocenters. The average Bonchev–Trinajstić information content (AvgIpc) is 2.45. The fraction of sp³-hybridized carbons (Fsp3) is 0.538. The van der Waals surface area contributed by atoms with Crippen LogP contribution >= 0.6 is 0 Å². The normalized spacial score (nSPS) is 17.4. The van der Waals surface area contributed by atoms with Crippen molar-refractivity contribution in [1.29, 1.82) is 0 Å².